The van der Waals surface area contributed by atoms with E-state index in [1.165, 1.54) is 11.1 Å². The molecule has 0 unspecified atom stereocenters. The number of amides is 1. The third kappa shape index (κ3) is 4.52. The molecule has 1 atom stereocenters. The normalized spacial score (nSPS) is 22.9. The molecule has 2 aliphatic rings. The van der Waals surface area contributed by atoms with Gasteiger partial charge in [-0.15, -0.1) is 11.8 Å². The molecule has 2 heterocycles. The molecule has 24 heavy (non-hydrogen) atoms. The van der Waals surface area contributed by atoms with Crippen LogP contribution < -0.4 is 0 Å². The highest BCUT2D eigenvalue weighted by Crippen LogP contribution is 2.20. The van der Waals surface area contributed by atoms with E-state index < -0.39 is 0 Å². The maximum atomic E-state index is 12.5. The molecule has 5 heteroatoms. The Morgan fingerprint density at radius 2 is 1.92 bits per heavy atom. The van der Waals surface area contributed by atoms with Crippen molar-refractivity contribution >= 4 is 17.7 Å². The SMILES string of the molecule is Cc1ccccc1CSCC(=O)N1CC[C@@H](N2CCN(C)CC2)C1. The average Bonchev–Trinajstić information content (AvgIpc) is 3.07. The smallest absolute Gasteiger partial charge is 0.232 e. The largest absolute Gasteiger partial charge is 0.340 e. The first-order valence-corrected chi connectivity index (χ1v) is 10.1. The van der Waals surface area contributed by atoms with Crippen molar-refractivity contribution < 1.29 is 4.79 Å². The summed E-state index contributed by atoms with van der Waals surface area (Å²) in [6, 6.07) is 9.01. The van der Waals surface area contributed by atoms with Crippen LogP contribution >= 0.6 is 11.8 Å². The first-order chi connectivity index (χ1) is 11.6. The van der Waals surface area contributed by atoms with Crippen LogP contribution in [0.2, 0.25) is 0 Å². The quantitative estimate of drug-likeness (QED) is 0.815. The van der Waals surface area contributed by atoms with Crippen LogP contribution in [0.4, 0.5) is 0 Å². The number of carbonyl (C=O) groups excluding carboxylic acids is 1. The molecule has 0 aromatic heterocycles. The van der Waals surface area contributed by atoms with Gasteiger partial charge >= 0.3 is 0 Å². The number of rotatable bonds is 5. The minimum absolute atomic E-state index is 0.310. The van der Waals surface area contributed by atoms with Gasteiger partial charge in [-0.05, 0) is 31.5 Å². The summed E-state index contributed by atoms with van der Waals surface area (Å²) in [5, 5.41) is 0. The number of nitrogens with zero attached hydrogens (tertiary/aromatic N) is 3. The zero-order valence-corrected chi connectivity index (χ0v) is 15.7. The Morgan fingerprint density at radius 1 is 1.17 bits per heavy atom. The van der Waals surface area contributed by atoms with Gasteiger partial charge in [-0.3, -0.25) is 9.69 Å². The van der Waals surface area contributed by atoms with Gasteiger partial charge in [0.05, 0.1) is 5.75 Å². The fourth-order valence-electron chi connectivity index (χ4n) is 3.57. The molecule has 0 radical (unpaired) electrons. The maximum absolute atomic E-state index is 12.5. The molecule has 132 valence electrons. The average molecular weight is 348 g/mol. The van der Waals surface area contributed by atoms with Crippen molar-refractivity contribution in [3.63, 3.8) is 0 Å². The van der Waals surface area contributed by atoms with Crippen LogP contribution in [0.5, 0.6) is 0 Å². The van der Waals surface area contributed by atoms with Crippen LogP contribution in [-0.2, 0) is 10.5 Å². The first kappa shape index (κ1) is 17.8. The van der Waals surface area contributed by atoms with E-state index >= 15 is 0 Å². The number of thioether (sulfide) groups is 1. The minimum Gasteiger partial charge on any atom is -0.340 e. The lowest BCUT2D eigenvalue weighted by Crippen LogP contribution is -2.50. The summed E-state index contributed by atoms with van der Waals surface area (Å²) in [5.41, 5.74) is 2.65. The Kier molecular flexibility index (Phi) is 6.19. The van der Waals surface area contributed by atoms with Crippen molar-refractivity contribution in [1.29, 1.82) is 0 Å². The molecule has 0 spiro atoms. The van der Waals surface area contributed by atoms with E-state index in [1.807, 2.05) is 0 Å². The van der Waals surface area contributed by atoms with E-state index in [0.29, 0.717) is 17.7 Å². The fraction of sp³-hybridized carbons (Fsp3) is 0.632. The van der Waals surface area contributed by atoms with Gasteiger partial charge in [0.1, 0.15) is 0 Å². The molecule has 3 rings (SSSR count). The topological polar surface area (TPSA) is 26.8 Å². The standard InChI is InChI=1S/C19H29N3OS/c1-16-5-3-4-6-17(16)14-24-15-19(23)22-8-7-18(13-22)21-11-9-20(2)10-12-21/h3-6,18H,7-15H2,1-2H3/t18-/m1/s1. The Balaban J connectivity index is 1.41. The predicted molar refractivity (Wildman–Crippen MR) is 101 cm³/mol. The number of aryl methyl sites for hydroxylation is 1. The van der Waals surface area contributed by atoms with Crippen molar-refractivity contribution in [3.05, 3.63) is 35.4 Å². The summed E-state index contributed by atoms with van der Waals surface area (Å²) in [6.07, 6.45) is 1.14. The molecule has 2 fully saturated rings. The zero-order valence-electron chi connectivity index (χ0n) is 14.9. The van der Waals surface area contributed by atoms with Gasteiger partial charge in [-0.2, -0.15) is 0 Å². The molecular formula is C19H29N3OS. The molecule has 0 bridgehead atoms. The van der Waals surface area contributed by atoms with Gasteiger partial charge in [0.2, 0.25) is 5.91 Å². The molecular weight excluding hydrogens is 318 g/mol. The second kappa shape index (κ2) is 8.37. The number of benzene rings is 1. The van der Waals surface area contributed by atoms with E-state index in [2.05, 4.69) is 52.9 Å². The lowest BCUT2D eigenvalue weighted by Gasteiger charge is -2.36. The number of likely N-dealkylation sites (N-methyl/N-ethyl adjacent to an activating group) is 1. The fourth-order valence-corrected chi connectivity index (χ4v) is 4.57. The molecule has 0 saturated carbocycles. The van der Waals surface area contributed by atoms with Crippen molar-refractivity contribution in [2.75, 3.05) is 52.1 Å². The summed E-state index contributed by atoms with van der Waals surface area (Å²) in [6.45, 7) is 8.58. The highest BCUT2D eigenvalue weighted by atomic mass is 32.2. The highest BCUT2D eigenvalue weighted by Gasteiger charge is 2.31. The number of likely N-dealkylation sites (tertiary alicyclic amines) is 1. The number of hydrogen-bond donors (Lipinski definition) is 0. The molecule has 1 amide bonds. The maximum Gasteiger partial charge on any atom is 0.232 e. The van der Waals surface area contributed by atoms with Crippen LogP contribution in [-0.4, -0.2) is 78.7 Å². The third-order valence-electron chi connectivity index (χ3n) is 5.31. The van der Waals surface area contributed by atoms with Crippen LogP contribution in [0.15, 0.2) is 24.3 Å². The second-order valence-electron chi connectivity index (χ2n) is 7.04. The second-order valence-corrected chi connectivity index (χ2v) is 8.03. The van der Waals surface area contributed by atoms with E-state index in [0.717, 1.165) is 51.4 Å². The van der Waals surface area contributed by atoms with Crippen LogP contribution in [0.1, 0.15) is 17.5 Å². The third-order valence-corrected chi connectivity index (χ3v) is 6.28. The van der Waals surface area contributed by atoms with Crippen molar-refractivity contribution in [3.8, 4) is 0 Å². The van der Waals surface area contributed by atoms with Gasteiger partial charge in [-0.1, -0.05) is 24.3 Å². The van der Waals surface area contributed by atoms with Gasteiger partial charge < -0.3 is 9.80 Å². The van der Waals surface area contributed by atoms with E-state index in [4.69, 9.17) is 0 Å². The van der Waals surface area contributed by atoms with Crippen molar-refractivity contribution in [2.24, 2.45) is 0 Å². The van der Waals surface area contributed by atoms with Crippen LogP contribution in [0.3, 0.4) is 0 Å². The highest BCUT2D eigenvalue weighted by molar-refractivity contribution is 7.99. The molecule has 0 N–H and O–H groups in total. The monoisotopic (exact) mass is 347 g/mol. The molecule has 2 saturated heterocycles. The summed E-state index contributed by atoms with van der Waals surface area (Å²) in [4.78, 5) is 19.5. The molecule has 4 nitrogen and oxygen atoms in total. The van der Waals surface area contributed by atoms with E-state index in [1.54, 1.807) is 11.8 Å². The van der Waals surface area contributed by atoms with Gasteiger partial charge in [-0.25, -0.2) is 0 Å². The summed E-state index contributed by atoms with van der Waals surface area (Å²) in [7, 11) is 2.19. The summed E-state index contributed by atoms with van der Waals surface area (Å²) >= 11 is 1.74. The first-order valence-electron chi connectivity index (χ1n) is 8.96. The van der Waals surface area contributed by atoms with Gasteiger partial charge in [0, 0.05) is 51.1 Å². The Labute approximate surface area is 150 Å². The molecule has 1 aromatic rings. The minimum atomic E-state index is 0.310. The molecule has 0 aliphatic carbocycles. The van der Waals surface area contributed by atoms with Crippen LogP contribution in [0.25, 0.3) is 0 Å². The van der Waals surface area contributed by atoms with E-state index in [-0.39, 0.29) is 0 Å². The number of carbonyl (C=O) groups is 1. The molecule has 2 aliphatic heterocycles. The zero-order chi connectivity index (χ0) is 16.9. The van der Waals surface area contributed by atoms with Gasteiger partial charge in [0.15, 0.2) is 0 Å². The number of piperazine rings is 1. The van der Waals surface area contributed by atoms with Crippen LogP contribution in [0, 0.1) is 6.92 Å². The van der Waals surface area contributed by atoms with Crippen molar-refractivity contribution in [1.82, 2.24) is 14.7 Å². The van der Waals surface area contributed by atoms with Gasteiger partial charge in [0.25, 0.3) is 0 Å². The lowest BCUT2D eigenvalue weighted by molar-refractivity contribution is -0.127. The summed E-state index contributed by atoms with van der Waals surface area (Å²) in [5.74, 6) is 1.84. The molecule has 1 aromatic carbocycles. The van der Waals surface area contributed by atoms with Crippen molar-refractivity contribution in [2.45, 2.75) is 25.1 Å². The Morgan fingerprint density at radius 3 is 2.67 bits per heavy atom. The number of hydrogen-bond acceptors (Lipinski definition) is 4. The predicted octanol–water partition coefficient (Wildman–Crippen LogP) is 2.08. The lowest BCUT2D eigenvalue weighted by atomic mass is 10.1. The van der Waals surface area contributed by atoms with E-state index in [9.17, 15) is 4.79 Å². The Bertz CT molecular complexity index is 557. The Hall–Kier alpha value is -1.04. The summed E-state index contributed by atoms with van der Waals surface area (Å²) < 4.78 is 0.